The summed E-state index contributed by atoms with van der Waals surface area (Å²) in [7, 11) is 0. The normalized spacial score (nSPS) is 22.6. The fourth-order valence-electron chi connectivity index (χ4n) is 2.04. The van der Waals surface area contributed by atoms with Crippen LogP contribution in [0, 0.1) is 5.92 Å². The predicted octanol–water partition coefficient (Wildman–Crippen LogP) is 2.12. The molecule has 86 valence electrons. The van der Waals surface area contributed by atoms with Gasteiger partial charge in [0.15, 0.2) is 11.5 Å². The maximum atomic E-state index is 5.36. The monoisotopic (exact) mass is 237 g/mol. The summed E-state index contributed by atoms with van der Waals surface area (Å²) < 4.78 is 10.7. The summed E-state index contributed by atoms with van der Waals surface area (Å²) in [5, 5.41) is 3.39. The van der Waals surface area contributed by atoms with E-state index in [2.05, 4.69) is 17.4 Å². The summed E-state index contributed by atoms with van der Waals surface area (Å²) in [6.07, 6.45) is 1.30. The highest BCUT2D eigenvalue weighted by Gasteiger charge is 2.16. The summed E-state index contributed by atoms with van der Waals surface area (Å²) in [4.78, 5) is 1.27. The Morgan fingerprint density at radius 1 is 1.31 bits per heavy atom. The van der Waals surface area contributed by atoms with Gasteiger partial charge >= 0.3 is 0 Å². The average molecular weight is 237 g/mol. The highest BCUT2D eigenvalue weighted by atomic mass is 32.2. The molecular weight excluding hydrogens is 222 g/mol. The molecular formula is C12H15NO2S. The number of hydrogen-bond acceptors (Lipinski definition) is 4. The van der Waals surface area contributed by atoms with E-state index in [1.54, 1.807) is 0 Å². The van der Waals surface area contributed by atoms with E-state index in [4.69, 9.17) is 9.47 Å². The maximum absolute atomic E-state index is 5.36. The molecule has 1 fully saturated rings. The number of fused-ring (bicyclic) bond motifs is 1. The van der Waals surface area contributed by atoms with Crippen LogP contribution in [0.3, 0.4) is 0 Å². The van der Waals surface area contributed by atoms with Crippen molar-refractivity contribution in [1.29, 1.82) is 0 Å². The Labute approximate surface area is 99.5 Å². The number of benzene rings is 1. The van der Waals surface area contributed by atoms with Crippen molar-refractivity contribution >= 4 is 11.8 Å². The molecule has 1 N–H and O–H groups in total. The number of thioether (sulfide) groups is 1. The summed E-state index contributed by atoms with van der Waals surface area (Å²) in [6, 6.07) is 6.19. The van der Waals surface area contributed by atoms with Crippen molar-refractivity contribution in [2.75, 3.05) is 25.6 Å². The first-order valence-corrected chi connectivity index (χ1v) is 6.63. The van der Waals surface area contributed by atoms with E-state index in [1.165, 1.54) is 23.6 Å². The predicted molar refractivity (Wildman–Crippen MR) is 64.3 cm³/mol. The first-order chi connectivity index (χ1) is 7.92. The second-order valence-corrected chi connectivity index (χ2v) is 5.28. The lowest BCUT2D eigenvalue weighted by atomic mass is 10.2. The van der Waals surface area contributed by atoms with Crippen molar-refractivity contribution in [3.05, 3.63) is 18.2 Å². The largest absolute Gasteiger partial charge is 0.454 e. The van der Waals surface area contributed by atoms with Crippen LogP contribution in [0.25, 0.3) is 0 Å². The third-order valence-electron chi connectivity index (χ3n) is 2.99. The van der Waals surface area contributed by atoms with Crippen LogP contribution in [-0.2, 0) is 0 Å². The second kappa shape index (κ2) is 4.55. The van der Waals surface area contributed by atoms with E-state index in [0.29, 0.717) is 6.79 Å². The smallest absolute Gasteiger partial charge is 0.231 e. The standard InChI is InChI=1S/C12H15NO2S/c1-2-11-12(15-8-14-11)5-10(1)16-7-9-3-4-13-6-9/h1-2,5,9,13H,3-4,6-8H2. The summed E-state index contributed by atoms with van der Waals surface area (Å²) in [6.45, 7) is 2.69. The van der Waals surface area contributed by atoms with E-state index in [0.717, 1.165) is 24.0 Å². The lowest BCUT2D eigenvalue weighted by molar-refractivity contribution is 0.174. The van der Waals surface area contributed by atoms with E-state index < -0.39 is 0 Å². The van der Waals surface area contributed by atoms with Gasteiger partial charge in [0, 0.05) is 10.6 Å². The Balaban J connectivity index is 1.61. The van der Waals surface area contributed by atoms with Gasteiger partial charge in [-0.25, -0.2) is 0 Å². The minimum absolute atomic E-state index is 0.357. The highest BCUT2D eigenvalue weighted by Crippen LogP contribution is 2.36. The van der Waals surface area contributed by atoms with Crippen molar-refractivity contribution in [3.63, 3.8) is 0 Å². The van der Waals surface area contributed by atoms with Crippen LogP contribution in [0.5, 0.6) is 11.5 Å². The van der Waals surface area contributed by atoms with Crippen molar-refractivity contribution in [2.24, 2.45) is 5.92 Å². The molecule has 0 bridgehead atoms. The number of nitrogens with one attached hydrogen (secondary N) is 1. The van der Waals surface area contributed by atoms with Gasteiger partial charge in [-0.05, 0) is 43.6 Å². The van der Waals surface area contributed by atoms with Crippen molar-refractivity contribution in [2.45, 2.75) is 11.3 Å². The van der Waals surface area contributed by atoms with Gasteiger partial charge in [-0.15, -0.1) is 11.8 Å². The molecule has 1 unspecified atom stereocenters. The van der Waals surface area contributed by atoms with Gasteiger partial charge in [-0.1, -0.05) is 0 Å². The van der Waals surface area contributed by atoms with Gasteiger partial charge in [-0.3, -0.25) is 0 Å². The SMILES string of the molecule is c1cc2c(cc1SCC1CCNC1)OCO2. The summed E-state index contributed by atoms with van der Waals surface area (Å²) in [5.41, 5.74) is 0. The summed E-state index contributed by atoms with van der Waals surface area (Å²) in [5.74, 6) is 3.75. The molecule has 0 radical (unpaired) electrons. The molecule has 1 atom stereocenters. The Kier molecular flexibility index (Phi) is 2.93. The second-order valence-electron chi connectivity index (χ2n) is 4.18. The Morgan fingerprint density at radius 2 is 2.25 bits per heavy atom. The van der Waals surface area contributed by atoms with E-state index in [-0.39, 0.29) is 0 Å². The lowest BCUT2D eigenvalue weighted by Crippen LogP contribution is -2.10. The molecule has 0 saturated carbocycles. The van der Waals surface area contributed by atoms with E-state index in [9.17, 15) is 0 Å². The fourth-order valence-corrected chi connectivity index (χ4v) is 3.10. The number of hydrogen-bond donors (Lipinski definition) is 1. The molecule has 3 rings (SSSR count). The van der Waals surface area contributed by atoms with Gasteiger partial charge in [0.1, 0.15) is 0 Å². The molecule has 1 aromatic carbocycles. The first-order valence-electron chi connectivity index (χ1n) is 5.65. The fraction of sp³-hybridized carbons (Fsp3) is 0.500. The molecule has 1 aromatic rings. The van der Waals surface area contributed by atoms with Crippen LogP contribution in [0.2, 0.25) is 0 Å². The van der Waals surface area contributed by atoms with Crippen LogP contribution >= 0.6 is 11.8 Å². The molecule has 3 nitrogen and oxygen atoms in total. The van der Waals surface area contributed by atoms with Crippen LogP contribution in [0.15, 0.2) is 23.1 Å². The zero-order chi connectivity index (χ0) is 10.8. The average Bonchev–Trinajstić information content (AvgIpc) is 2.97. The van der Waals surface area contributed by atoms with Crippen LogP contribution in [0.1, 0.15) is 6.42 Å². The third kappa shape index (κ3) is 2.13. The molecule has 4 heteroatoms. The molecule has 2 heterocycles. The Hall–Kier alpha value is -0.870. The van der Waals surface area contributed by atoms with Crippen LogP contribution < -0.4 is 14.8 Å². The molecule has 16 heavy (non-hydrogen) atoms. The topological polar surface area (TPSA) is 30.5 Å². The van der Waals surface area contributed by atoms with Crippen molar-refractivity contribution in [3.8, 4) is 11.5 Å². The van der Waals surface area contributed by atoms with Crippen molar-refractivity contribution in [1.82, 2.24) is 5.32 Å². The summed E-state index contributed by atoms with van der Waals surface area (Å²) >= 11 is 1.91. The van der Waals surface area contributed by atoms with Gasteiger partial charge in [-0.2, -0.15) is 0 Å². The van der Waals surface area contributed by atoms with Gasteiger partial charge < -0.3 is 14.8 Å². The molecule has 0 aromatic heterocycles. The van der Waals surface area contributed by atoms with Gasteiger partial charge in [0.25, 0.3) is 0 Å². The molecule has 0 amide bonds. The van der Waals surface area contributed by atoms with Gasteiger partial charge in [0.05, 0.1) is 0 Å². The van der Waals surface area contributed by atoms with Crippen LogP contribution in [-0.4, -0.2) is 25.6 Å². The third-order valence-corrected chi connectivity index (χ3v) is 4.22. The molecule has 2 aliphatic rings. The van der Waals surface area contributed by atoms with Crippen molar-refractivity contribution < 1.29 is 9.47 Å². The zero-order valence-corrected chi connectivity index (χ0v) is 9.89. The molecule has 1 saturated heterocycles. The first kappa shape index (κ1) is 10.3. The van der Waals surface area contributed by atoms with E-state index in [1.807, 2.05) is 17.8 Å². The highest BCUT2D eigenvalue weighted by molar-refractivity contribution is 7.99. The Morgan fingerprint density at radius 3 is 3.12 bits per heavy atom. The minimum atomic E-state index is 0.357. The lowest BCUT2D eigenvalue weighted by Gasteiger charge is -2.07. The van der Waals surface area contributed by atoms with Gasteiger partial charge in [0.2, 0.25) is 6.79 Å². The van der Waals surface area contributed by atoms with E-state index >= 15 is 0 Å². The number of rotatable bonds is 3. The molecule has 0 aliphatic carbocycles. The quantitative estimate of drug-likeness (QED) is 0.816. The molecule has 2 aliphatic heterocycles. The van der Waals surface area contributed by atoms with Crippen LogP contribution in [0.4, 0.5) is 0 Å². The molecule has 0 spiro atoms. The number of ether oxygens (including phenoxy) is 2. The maximum Gasteiger partial charge on any atom is 0.231 e. The zero-order valence-electron chi connectivity index (χ0n) is 9.07. The minimum Gasteiger partial charge on any atom is -0.454 e. The Bertz CT molecular complexity index is 377.